The van der Waals surface area contributed by atoms with Crippen molar-refractivity contribution in [1.29, 1.82) is 0 Å². The number of likely N-dealkylation sites (N-methyl/N-ethyl adjacent to an activating group) is 1. The van der Waals surface area contributed by atoms with E-state index in [4.69, 9.17) is 0 Å². The second-order valence-electron chi connectivity index (χ2n) is 4.47. The monoisotopic (exact) mass is 312 g/mol. The Kier molecular flexibility index (Phi) is 4.68. The van der Waals surface area contributed by atoms with Crippen molar-refractivity contribution in [2.45, 2.75) is 12.5 Å². The highest BCUT2D eigenvalue weighted by molar-refractivity contribution is 9.10. The predicted octanol–water partition coefficient (Wildman–Crippen LogP) is 1.08. The third kappa shape index (κ3) is 3.76. The number of pyridine rings is 1. The van der Waals surface area contributed by atoms with Gasteiger partial charge in [0.25, 0.3) is 0 Å². The van der Waals surface area contributed by atoms with Crippen LogP contribution in [-0.2, 0) is 4.79 Å². The number of nitrogens with one attached hydrogen (secondary N) is 2. The lowest BCUT2D eigenvalue weighted by molar-refractivity contribution is -0.117. The molecular weight excluding hydrogens is 296 g/mol. The minimum Gasteiger partial charge on any atom is -0.315 e. The van der Waals surface area contributed by atoms with Crippen LogP contribution in [0.2, 0.25) is 0 Å². The van der Waals surface area contributed by atoms with Crippen LogP contribution in [0.3, 0.4) is 0 Å². The largest absolute Gasteiger partial charge is 0.315 e. The first kappa shape index (κ1) is 13.5. The Bertz CT molecular complexity index is 403. The van der Waals surface area contributed by atoms with Gasteiger partial charge in [0.2, 0.25) is 5.91 Å². The lowest BCUT2D eigenvalue weighted by Gasteiger charge is -2.22. The second-order valence-corrected chi connectivity index (χ2v) is 5.39. The van der Waals surface area contributed by atoms with E-state index in [9.17, 15) is 4.79 Å². The van der Waals surface area contributed by atoms with Crippen molar-refractivity contribution in [3.8, 4) is 0 Å². The normalized spacial score (nSPS) is 19.2. The molecule has 1 unspecified atom stereocenters. The number of carbonyl (C=O) groups is 1. The van der Waals surface area contributed by atoms with Crippen molar-refractivity contribution >= 4 is 27.7 Å². The molecule has 5 nitrogen and oxygen atoms in total. The molecule has 1 aliphatic rings. The van der Waals surface area contributed by atoms with Gasteiger partial charge in [0.05, 0.1) is 6.54 Å². The summed E-state index contributed by atoms with van der Waals surface area (Å²) in [6.07, 6.45) is 2.76. The molecule has 18 heavy (non-hydrogen) atoms. The van der Waals surface area contributed by atoms with E-state index in [1.165, 1.54) is 0 Å². The van der Waals surface area contributed by atoms with Crippen molar-refractivity contribution in [2.75, 3.05) is 32.0 Å². The van der Waals surface area contributed by atoms with Crippen molar-refractivity contribution in [3.05, 3.63) is 22.8 Å². The van der Waals surface area contributed by atoms with Gasteiger partial charge in [0, 0.05) is 23.3 Å². The molecule has 0 spiro atoms. The number of anilines is 1. The number of hydrogen-bond donors (Lipinski definition) is 2. The van der Waals surface area contributed by atoms with Gasteiger partial charge in [-0.05, 0) is 48.1 Å². The third-order valence-corrected chi connectivity index (χ3v) is 3.51. The zero-order valence-electron chi connectivity index (χ0n) is 10.3. The first-order valence-electron chi connectivity index (χ1n) is 5.97. The van der Waals surface area contributed by atoms with Gasteiger partial charge in [-0.2, -0.15) is 0 Å². The van der Waals surface area contributed by atoms with Crippen LogP contribution in [0.4, 0.5) is 5.82 Å². The van der Waals surface area contributed by atoms with Crippen LogP contribution < -0.4 is 10.6 Å². The molecule has 1 aromatic heterocycles. The van der Waals surface area contributed by atoms with E-state index in [1.54, 1.807) is 12.3 Å². The van der Waals surface area contributed by atoms with Crippen LogP contribution in [0.1, 0.15) is 6.42 Å². The van der Waals surface area contributed by atoms with E-state index >= 15 is 0 Å². The maximum absolute atomic E-state index is 11.8. The zero-order valence-corrected chi connectivity index (χ0v) is 11.9. The molecule has 1 aromatic rings. The molecular formula is C12H17BrN4O. The van der Waals surface area contributed by atoms with Crippen LogP contribution in [0.5, 0.6) is 0 Å². The number of carbonyl (C=O) groups excluding carboxylic acids is 1. The molecule has 0 saturated carbocycles. The standard InChI is InChI=1S/C12H17BrN4O/c1-17(10-4-5-14-7-10)8-12(18)16-11-3-2-9(13)6-15-11/h2-3,6,10,14H,4-5,7-8H2,1H3,(H,15,16,18). The predicted molar refractivity (Wildman–Crippen MR) is 74.5 cm³/mol. The Morgan fingerprint density at radius 2 is 2.50 bits per heavy atom. The molecule has 0 radical (unpaired) electrons. The molecule has 1 fully saturated rings. The van der Waals surface area contributed by atoms with Crippen molar-refractivity contribution in [1.82, 2.24) is 15.2 Å². The Morgan fingerprint density at radius 1 is 1.67 bits per heavy atom. The molecule has 1 atom stereocenters. The molecule has 0 aliphatic carbocycles. The number of aromatic nitrogens is 1. The van der Waals surface area contributed by atoms with Gasteiger partial charge in [0.1, 0.15) is 5.82 Å². The average molecular weight is 313 g/mol. The van der Waals surface area contributed by atoms with E-state index in [-0.39, 0.29) is 5.91 Å². The smallest absolute Gasteiger partial charge is 0.239 e. The molecule has 0 aromatic carbocycles. The van der Waals surface area contributed by atoms with Gasteiger partial charge in [-0.25, -0.2) is 4.98 Å². The third-order valence-electron chi connectivity index (χ3n) is 3.05. The van der Waals surface area contributed by atoms with Crippen molar-refractivity contribution in [3.63, 3.8) is 0 Å². The maximum Gasteiger partial charge on any atom is 0.239 e. The molecule has 2 heterocycles. The minimum atomic E-state index is -0.0285. The summed E-state index contributed by atoms with van der Waals surface area (Å²) in [6, 6.07) is 4.08. The zero-order chi connectivity index (χ0) is 13.0. The molecule has 1 aliphatic heterocycles. The number of nitrogens with zero attached hydrogens (tertiary/aromatic N) is 2. The highest BCUT2D eigenvalue weighted by atomic mass is 79.9. The second kappa shape index (κ2) is 6.26. The lowest BCUT2D eigenvalue weighted by atomic mass is 10.2. The van der Waals surface area contributed by atoms with E-state index in [2.05, 4.69) is 36.4 Å². The fourth-order valence-corrected chi connectivity index (χ4v) is 2.24. The number of amides is 1. The Balaban J connectivity index is 1.82. The van der Waals surface area contributed by atoms with Crippen molar-refractivity contribution < 1.29 is 4.79 Å². The van der Waals surface area contributed by atoms with Crippen molar-refractivity contribution in [2.24, 2.45) is 0 Å². The summed E-state index contributed by atoms with van der Waals surface area (Å²) in [7, 11) is 1.98. The Hall–Kier alpha value is -0.980. The van der Waals surface area contributed by atoms with Crippen LogP contribution in [-0.4, -0.2) is 48.5 Å². The number of hydrogen-bond acceptors (Lipinski definition) is 4. The van der Waals surface area contributed by atoms with E-state index in [0.717, 1.165) is 24.0 Å². The highest BCUT2D eigenvalue weighted by Gasteiger charge is 2.20. The molecule has 6 heteroatoms. The van der Waals surface area contributed by atoms with Gasteiger partial charge in [-0.1, -0.05) is 0 Å². The van der Waals surface area contributed by atoms with Gasteiger partial charge in [-0.3, -0.25) is 9.69 Å². The van der Waals surface area contributed by atoms with Crippen LogP contribution in [0.15, 0.2) is 22.8 Å². The lowest BCUT2D eigenvalue weighted by Crippen LogP contribution is -2.39. The van der Waals surface area contributed by atoms with Gasteiger partial charge in [-0.15, -0.1) is 0 Å². The van der Waals surface area contributed by atoms with E-state index in [0.29, 0.717) is 18.4 Å². The fraction of sp³-hybridized carbons (Fsp3) is 0.500. The summed E-state index contributed by atoms with van der Waals surface area (Å²) < 4.78 is 0.898. The van der Waals surface area contributed by atoms with E-state index in [1.807, 2.05) is 13.1 Å². The van der Waals surface area contributed by atoms with Crippen LogP contribution >= 0.6 is 15.9 Å². The van der Waals surface area contributed by atoms with E-state index < -0.39 is 0 Å². The summed E-state index contributed by atoms with van der Waals surface area (Å²) in [6.45, 7) is 2.38. The number of halogens is 1. The maximum atomic E-state index is 11.8. The van der Waals surface area contributed by atoms with Gasteiger partial charge >= 0.3 is 0 Å². The van der Waals surface area contributed by atoms with Gasteiger partial charge < -0.3 is 10.6 Å². The topological polar surface area (TPSA) is 57.3 Å². The molecule has 0 bridgehead atoms. The first-order valence-corrected chi connectivity index (χ1v) is 6.77. The van der Waals surface area contributed by atoms with Crippen LogP contribution in [0, 0.1) is 0 Å². The van der Waals surface area contributed by atoms with Crippen LogP contribution in [0.25, 0.3) is 0 Å². The summed E-state index contributed by atoms with van der Waals surface area (Å²) in [5.41, 5.74) is 0. The molecule has 1 amide bonds. The Labute approximate surface area is 115 Å². The summed E-state index contributed by atoms with van der Waals surface area (Å²) >= 11 is 3.31. The average Bonchev–Trinajstić information content (AvgIpc) is 2.85. The van der Waals surface area contributed by atoms with Gasteiger partial charge in [0.15, 0.2) is 0 Å². The molecule has 1 saturated heterocycles. The quantitative estimate of drug-likeness (QED) is 0.873. The number of rotatable bonds is 4. The minimum absolute atomic E-state index is 0.0285. The SMILES string of the molecule is CN(CC(=O)Nc1ccc(Br)cn1)C1CCNC1. The first-order chi connectivity index (χ1) is 8.65. The highest BCUT2D eigenvalue weighted by Crippen LogP contribution is 2.11. The fourth-order valence-electron chi connectivity index (χ4n) is 2.00. The molecule has 98 valence electrons. The summed E-state index contributed by atoms with van der Waals surface area (Å²) in [5, 5.41) is 6.08. The summed E-state index contributed by atoms with van der Waals surface area (Å²) in [5.74, 6) is 0.556. The Morgan fingerprint density at radius 3 is 3.11 bits per heavy atom. The molecule has 2 rings (SSSR count). The molecule has 2 N–H and O–H groups in total. The summed E-state index contributed by atoms with van der Waals surface area (Å²) in [4.78, 5) is 18.0.